The Labute approximate surface area is 336 Å². The van der Waals surface area contributed by atoms with Gasteiger partial charge < -0.3 is 33.3 Å². The molecular weight excluding hydrogens is 709 g/mol. The Morgan fingerprint density at radius 1 is 0.759 bits per heavy atom. The van der Waals surface area contributed by atoms with E-state index in [4.69, 9.17) is 23.1 Å². The van der Waals surface area contributed by atoms with Crippen molar-refractivity contribution in [2.24, 2.45) is 35.5 Å². The Morgan fingerprint density at radius 2 is 1.30 bits per heavy atom. The van der Waals surface area contributed by atoms with Gasteiger partial charge in [0.15, 0.2) is 22.4 Å². The minimum absolute atomic E-state index is 0.0521. The Bertz CT molecular complexity index is 1120. The van der Waals surface area contributed by atoms with Crippen LogP contribution in [0.25, 0.3) is 0 Å². The zero-order valence-corrected chi connectivity index (χ0v) is 40.8. The van der Waals surface area contributed by atoms with Gasteiger partial charge in [-0.2, -0.15) is 0 Å². The molecule has 0 bridgehead atoms. The van der Waals surface area contributed by atoms with Crippen molar-refractivity contribution >= 4 is 16.6 Å². The Balaban J connectivity index is 2.26. The second-order valence-electron chi connectivity index (χ2n) is 21.5. The largest absolute Gasteiger partial charge is 0.414 e. The molecule has 2 saturated heterocycles. The number of hydrogen-bond acceptors (Lipinski definition) is 7. The first kappa shape index (κ1) is 50.0. The molecule has 13 atom stereocenters. The number of ether oxygens (including phenoxy) is 3. The fourth-order valence-electron chi connectivity index (χ4n) is 7.69. The van der Waals surface area contributed by atoms with Gasteiger partial charge in [-0.25, -0.2) is 0 Å². The molecular formula is C45H90O7Si2. The van der Waals surface area contributed by atoms with Crippen LogP contribution in [0.15, 0.2) is 12.2 Å². The zero-order valence-electron chi connectivity index (χ0n) is 38.8. The van der Waals surface area contributed by atoms with Crippen molar-refractivity contribution in [3.05, 3.63) is 12.2 Å². The Morgan fingerprint density at radius 3 is 1.80 bits per heavy atom. The maximum atomic E-state index is 11.8. The lowest BCUT2D eigenvalue weighted by Crippen LogP contribution is -2.53. The van der Waals surface area contributed by atoms with Gasteiger partial charge in [0, 0.05) is 25.9 Å². The fraction of sp³-hybridized carbons (Fsp3) is 0.956. The van der Waals surface area contributed by atoms with Crippen molar-refractivity contribution in [3.63, 3.8) is 0 Å². The minimum atomic E-state index is -2.14. The third kappa shape index (κ3) is 13.7. The molecule has 0 saturated carbocycles. The van der Waals surface area contributed by atoms with Crippen LogP contribution >= 0.6 is 0 Å². The maximum absolute atomic E-state index is 11.8. The molecule has 0 aromatic heterocycles. The lowest BCUT2D eigenvalue weighted by Gasteiger charge is -2.51. The molecule has 0 amide bonds. The highest BCUT2D eigenvalue weighted by molar-refractivity contribution is 6.74. The van der Waals surface area contributed by atoms with E-state index < -0.39 is 28.5 Å². The predicted octanol–water partition coefficient (Wildman–Crippen LogP) is 11.5. The van der Waals surface area contributed by atoms with E-state index in [1.54, 1.807) is 7.11 Å². The summed E-state index contributed by atoms with van der Waals surface area (Å²) in [5.41, 5.74) is 0. The van der Waals surface area contributed by atoms with Gasteiger partial charge in [-0.05, 0) is 111 Å². The first-order chi connectivity index (χ1) is 24.6. The molecule has 2 unspecified atom stereocenters. The second-order valence-corrected chi connectivity index (χ2v) is 31.0. The number of aliphatic hydroxyl groups is 2. The predicted molar refractivity (Wildman–Crippen MR) is 232 cm³/mol. The van der Waals surface area contributed by atoms with E-state index in [1.165, 1.54) is 0 Å². The average molecular weight is 799 g/mol. The summed E-state index contributed by atoms with van der Waals surface area (Å²) in [4.78, 5) is 0. The van der Waals surface area contributed by atoms with Crippen molar-refractivity contribution in [2.45, 2.75) is 233 Å². The molecule has 0 radical (unpaired) electrons. The van der Waals surface area contributed by atoms with Crippen LogP contribution in [0, 0.1) is 35.5 Å². The highest BCUT2D eigenvalue weighted by Gasteiger charge is 2.48. The van der Waals surface area contributed by atoms with Gasteiger partial charge in [-0.15, -0.1) is 0 Å². The third-order valence-corrected chi connectivity index (χ3v) is 23.4. The highest BCUT2D eigenvalue weighted by atomic mass is 28.4. The van der Waals surface area contributed by atoms with E-state index in [0.717, 1.165) is 51.4 Å². The van der Waals surface area contributed by atoms with Gasteiger partial charge in [-0.1, -0.05) is 102 Å². The maximum Gasteiger partial charge on any atom is 0.192 e. The van der Waals surface area contributed by atoms with Crippen LogP contribution in [-0.2, 0) is 23.1 Å². The molecule has 0 aromatic rings. The molecule has 2 heterocycles. The highest BCUT2D eigenvalue weighted by Crippen LogP contribution is 2.46. The van der Waals surface area contributed by atoms with Crippen molar-refractivity contribution < 1.29 is 33.3 Å². The number of rotatable bonds is 19. The van der Waals surface area contributed by atoms with Gasteiger partial charge in [0.1, 0.15) is 6.10 Å². The average Bonchev–Trinajstić information content (AvgIpc) is 3.05. The van der Waals surface area contributed by atoms with E-state index >= 15 is 0 Å². The van der Waals surface area contributed by atoms with Crippen molar-refractivity contribution in [1.29, 1.82) is 0 Å². The molecule has 7 nitrogen and oxygen atoms in total. The summed E-state index contributed by atoms with van der Waals surface area (Å²) in [6.45, 7) is 40.4. The fourth-order valence-corrected chi connectivity index (χ4v) is 10.6. The van der Waals surface area contributed by atoms with Gasteiger partial charge in [0.05, 0.1) is 36.6 Å². The molecule has 54 heavy (non-hydrogen) atoms. The summed E-state index contributed by atoms with van der Waals surface area (Å²) in [6, 6.07) is 0. The molecule has 320 valence electrons. The van der Waals surface area contributed by atoms with Gasteiger partial charge in [0.25, 0.3) is 0 Å². The van der Waals surface area contributed by atoms with Crippen LogP contribution in [0.4, 0.5) is 0 Å². The van der Waals surface area contributed by atoms with Gasteiger partial charge in [0.2, 0.25) is 0 Å². The molecule has 0 aliphatic carbocycles. The lowest BCUT2D eigenvalue weighted by molar-refractivity contribution is -0.338. The minimum Gasteiger partial charge on any atom is -0.414 e. The van der Waals surface area contributed by atoms with Crippen LogP contribution in [0.2, 0.25) is 36.3 Å². The standard InChI is InChI=1S/C45H90O7Si2/c1-30(2)41(52-54(18,19)44(12,13)14)40(48-15)25-22-37(47)35(7)39(51-53(16,17)43(9,10)11)24-21-33(5)42-34(6)27-29-45(50-42)28-26-32(4)38(49-45)23-20-31(3)36(8)46/h22,25,30-42,46-47H,20-21,23-24,26-29H2,1-19H3/b25-22+/t31-,32+,33+,34-,35+,36?,37?,38-,39-,40-,41+,42-,45+/m0/s1. The molecule has 9 heteroatoms. The summed E-state index contributed by atoms with van der Waals surface area (Å²) in [7, 11) is -2.44. The number of aliphatic hydroxyl groups excluding tert-OH is 2. The molecule has 2 rings (SSSR count). The first-order valence-electron chi connectivity index (χ1n) is 21.9. The van der Waals surface area contributed by atoms with E-state index in [1.807, 2.05) is 19.1 Å². The van der Waals surface area contributed by atoms with E-state index in [2.05, 4.69) is 116 Å². The van der Waals surface area contributed by atoms with Crippen molar-refractivity contribution in [2.75, 3.05) is 7.11 Å². The van der Waals surface area contributed by atoms with Crippen LogP contribution < -0.4 is 0 Å². The van der Waals surface area contributed by atoms with Crippen LogP contribution in [0.3, 0.4) is 0 Å². The molecule has 2 aliphatic heterocycles. The quantitative estimate of drug-likeness (QED) is 0.0994. The number of methoxy groups -OCH3 is 1. The molecule has 2 N–H and O–H groups in total. The molecule has 2 fully saturated rings. The third-order valence-electron chi connectivity index (χ3n) is 14.4. The lowest BCUT2D eigenvalue weighted by atomic mass is 9.79. The summed E-state index contributed by atoms with van der Waals surface area (Å²) in [6.07, 6.45) is 10.6. The summed E-state index contributed by atoms with van der Waals surface area (Å²) >= 11 is 0. The van der Waals surface area contributed by atoms with E-state index in [-0.39, 0.29) is 64.5 Å². The van der Waals surface area contributed by atoms with Gasteiger partial charge >= 0.3 is 0 Å². The number of hydrogen-bond donors (Lipinski definition) is 2. The summed E-state index contributed by atoms with van der Waals surface area (Å²) < 4.78 is 34.2. The van der Waals surface area contributed by atoms with Crippen LogP contribution in [-0.4, -0.2) is 82.5 Å². The van der Waals surface area contributed by atoms with E-state index in [0.29, 0.717) is 17.8 Å². The van der Waals surface area contributed by atoms with Gasteiger partial charge in [-0.3, -0.25) is 0 Å². The van der Waals surface area contributed by atoms with Crippen molar-refractivity contribution in [1.82, 2.24) is 0 Å². The topological polar surface area (TPSA) is 86.6 Å². The second kappa shape index (κ2) is 20.2. The molecule has 1 spiro atoms. The van der Waals surface area contributed by atoms with E-state index in [9.17, 15) is 10.2 Å². The van der Waals surface area contributed by atoms with Crippen molar-refractivity contribution in [3.8, 4) is 0 Å². The first-order valence-corrected chi connectivity index (χ1v) is 27.7. The van der Waals surface area contributed by atoms with Crippen LogP contribution in [0.1, 0.15) is 148 Å². The smallest absolute Gasteiger partial charge is 0.192 e. The molecule has 2 aliphatic rings. The summed E-state index contributed by atoms with van der Waals surface area (Å²) in [5.74, 6) is 1.15. The Kier molecular flexibility index (Phi) is 18.8. The zero-order chi connectivity index (χ0) is 41.6. The van der Waals surface area contributed by atoms with Crippen LogP contribution in [0.5, 0.6) is 0 Å². The molecule has 0 aromatic carbocycles. The monoisotopic (exact) mass is 799 g/mol. The normalized spacial score (nSPS) is 29.6. The Hall–Kier alpha value is -0.106. The summed E-state index contributed by atoms with van der Waals surface area (Å²) in [5, 5.41) is 22.0. The SMILES string of the molecule is CO[C@@H](/C=C/C(O)[C@@H](C)[C@H](CC[C@@H](C)[C@@H]1O[C@]2(CC[C@@H](C)[C@H](CC[C@H](C)C(C)O)O2)CC[C@@H]1C)O[Si](C)(C)C(C)(C)C)[C@H](O[Si](C)(C)C(C)(C)C)C(C)C.